The summed E-state index contributed by atoms with van der Waals surface area (Å²) in [4.78, 5) is 32.2. The lowest BCUT2D eigenvalue weighted by atomic mass is 10.2. The lowest BCUT2D eigenvalue weighted by molar-refractivity contribution is -0.386. The topological polar surface area (TPSA) is 128 Å². The Balaban J connectivity index is 2.05. The molecule has 30 heavy (non-hydrogen) atoms. The quantitative estimate of drug-likeness (QED) is 0.498. The van der Waals surface area contributed by atoms with Gasteiger partial charge in [-0.05, 0) is 36.4 Å². The van der Waals surface area contributed by atoms with Gasteiger partial charge in [-0.3, -0.25) is 19.7 Å². The normalized spacial score (nSPS) is 12.0. The molecule has 2 amide bonds. The van der Waals surface area contributed by atoms with E-state index in [0.717, 1.165) is 12.1 Å². The predicted molar refractivity (Wildman–Crippen MR) is 100 cm³/mol. The van der Waals surface area contributed by atoms with Crippen LogP contribution in [-0.4, -0.2) is 33.1 Å². The minimum atomic E-state index is -5.08. The first kappa shape index (κ1) is 22.8. The third-order valence-corrected chi connectivity index (χ3v) is 4.50. The molecular weight excluding hydrogens is 431 g/mol. The van der Waals surface area contributed by atoms with Crippen LogP contribution in [0.25, 0.3) is 0 Å². The zero-order chi connectivity index (χ0) is 22.5. The van der Waals surface area contributed by atoms with Crippen LogP contribution in [0.4, 0.5) is 30.2 Å². The number of nitrogens with one attached hydrogen (secondary N) is 2. The van der Waals surface area contributed by atoms with Gasteiger partial charge in [0.1, 0.15) is 0 Å². The molecule has 1 unspecified atom stereocenters. The van der Waals surface area contributed by atoms with Gasteiger partial charge in [0.25, 0.3) is 5.91 Å². The summed E-state index contributed by atoms with van der Waals surface area (Å²) in [5, 5.41) is 16.1. The lowest BCUT2D eigenvalue weighted by Gasteiger charge is -2.10. The first-order valence-electron chi connectivity index (χ1n) is 8.04. The molecule has 9 nitrogen and oxygen atoms in total. The maximum Gasteiger partial charge on any atom is 0.475 e. The molecule has 0 spiro atoms. The first-order chi connectivity index (χ1) is 14.0. The fourth-order valence-corrected chi connectivity index (χ4v) is 2.87. The molecule has 0 heterocycles. The third-order valence-electron chi connectivity index (χ3n) is 3.40. The highest BCUT2D eigenvalue weighted by molar-refractivity contribution is 7.86. The van der Waals surface area contributed by atoms with Crippen molar-refractivity contribution in [1.82, 2.24) is 0 Å². The maximum atomic E-state index is 12.5. The van der Waals surface area contributed by atoms with Crippen LogP contribution in [0.1, 0.15) is 6.92 Å². The fourth-order valence-electron chi connectivity index (χ4n) is 2.19. The van der Waals surface area contributed by atoms with Crippen LogP contribution in [0.2, 0.25) is 0 Å². The van der Waals surface area contributed by atoms with Crippen LogP contribution in [0, 0.1) is 10.1 Å². The van der Waals surface area contributed by atoms with Gasteiger partial charge in [0.05, 0.1) is 9.82 Å². The molecule has 2 aromatic carbocycles. The Morgan fingerprint density at radius 1 is 1.10 bits per heavy atom. The van der Waals surface area contributed by atoms with Crippen molar-refractivity contribution in [2.24, 2.45) is 0 Å². The molecule has 0 radical (unpaired) electrons. The minimum absolute atomic E-state index is 0.271. The molecule has 1 atom stereocenters. The third kappa shape index (κ3) is 6.27. The summed E-state index contributed by atoms with van der Waals surface area (Å²) < 4.78 is 54.0. The van der Waals surface area contributed by atoms with Crippen molar-refractivity contribution in [1.29, 1.82) is 0 Å². The maximum absolute atomic E-state index is 12.5. The number of hydrogen-bond acceptors (Lipinski definition) is 6. The second kappa shape index (κ2) is 9.35. The molecule has 0 aliphatic rings. The highest BCUT2D eigenvalue weighted by atomic mass is 32.2. The number of rotatable bonds is 7. The molecule has 0 fully saturated rings. The molecule has 0 aromatic heterocycles. The molecular formula is C17H14F3N3O6S. The van der Waals surface area contributed by atoms with Gasteiger partial charge in [-0.15, -0.1) is 0 Å². The number of alkyl halides is 3. The number of hydrogen-bond donors (Lipinski definition) is 2. The number of nitro groups is 1. The Morgan fingerprint density at radius 2 is 1.67 bits per heavy atom. The van der Waals surface area contributed by atoms with Crippen molar-refractivity contribution in [3.05, 3.63) is 52.6 Å². The Kier molecular flexibility index (Phi) is 7.10. The lowest BCUT2D eigenvalue weighted by Crippen LogP contribution is -2.20. The summed E-state index contributed by atoms with van der Waals surface area (Å²) in [5.74, 6) is -1.43. The number of ether oxygens (including phenoxy) is 1. The Bertz CT molecular complexity index is 995. The van der Waals surface area contributed by atoms with Gasteiger partial charge in [0, 0.05) is 24.4 Å². The van der Waals surface area contributed by atoms with Gasteiger partial charge in [0.2, 0.25) is 5.91 Å². The van der Waals surface area contributed by atoms with E-state index in [4.69, 9.17) is 4.74 Å². The van der Waals surface area contributed by atoms with Crippen LogP contribution in [0.5, 0.6) is 5.75 Å². The number of carbonyl (C=O) groups excluding carboxylic acids is 2. The zero-order valence-corrected chi connectivity index (χ0v) is 16.0. The van der Waals surface area contributed by atoms with E-state index in [1.165, 1.54) is 31.2 Å². The molecule has 0 saturated heterocycles. The van der Waals surface area contributed by atoms with E-state index < -0.39 is 50.1 Å². The van der Waals surface area contributed by atoms with E-state index in [2.05, 4.69) is 10.6 Å². The van der Waals surface area contributed by atoms with Gasteiger partial charge in [-0.2, -0.15) is 13.2 Å². The van der Waals surface area contributed by atoms with Gasteiger partial charge < -0.3 is 15.4 Å². The van der Waals surface area contributed by atoms with Crippen LogP contribution < -0.4 is 15.4 Å². The van der Waals surface area contributed by atoms with E-state index in [1.54, 1.807) is 0 Å². The van der Waals surface area contributed by atoms with E-state index in [0.29, 0.717) is 17.4 Å². The van der Waals surface area contributed by atoms with E-state index in [9.17, 15) is 37.1 Å². The van der Waals surface area contributed by atoms with Crippen LogP contribution >= 0.6 is 0 Å². The summed E-state index contributed by atoms with van der Waals surface area (Å²) in [5.41, 5.74) is -5.09. The Hall–Kier alpha value is -3.48. The van der Waals surface area contributed by atoms with Crippen molar-refractivity contribution in [3.63, 3.8) is 0 Å². The predicted octanol–water partition coefficient (Wildman–Crippen LogP) is 3.20. The van der Waals surface area contributed by atoms with Crippen molar-refractivity contribution in [2.45, 2.75) is 17.3 Å². The van der Waals surface area contributed by atoms with E-state index in [1.807, 2.05) is 0 Å². The second-order valence-electron chi connectivity index (χ2n) is 5.70. The molecule has 0 aliphatic heterocycles. The van der Waals surface area contributed by atoms with Crippen molar-refractivity contribution in [2.75, 3.05) is 17.2 Å². The minimum Gasteiger partial charge on any atom is -0.477 e. The average molecular weight is 445 g/mol. The smallest absolute Gasteiger partial charge is 0.475 e. The van der Waals surface area contributed by atoms with Crippen LogP contribution in [0.3, 0.4) is 0 Å². The van der Waals surface area contributed by atoms with E-state index >= 15 is 0 Å². The summed E-state index contributed by atoms with van der Waals surface area (Å²) in [6, 6.07) is 8.14. The number of anilines is 2. The van der Waals surface area contributed by atoms with Crippen molar-refractivity contribution in [3.8, 4) is 5.75 Å². The van der Waals surface area contributed by atoms with Crippen molar-refractivity contribution >= 4 is 39.7 Å². The summed E-state index contributed by atoms with van der Waals surface area (Å²) in [6.07, 6.45) is 0. The summed E-state index contributed by atoms with van der Waals surface area (Å²) in [6.45, 7) is 0.662. The molecule has 0 saturated carbocycles. The largest absolute Gasteiger partial charge is 0.477 e. The fraction of sp³-hybridized carbons (Fsp3) is 0.176. The highest BCUT2D eigenvalue weighted by Gasteiger charge is 2.39. The summed E-state index contributed by atoms with van der Waals surface area (Å²) >= 11 is 0. The molecule has 0 bridgehead atoms. The van der Waals surface area contributed by atoms with Gasteiger partial charge in [-0.25, -0.2) is 4.21 Å². The van der Waals surface area contributed by atoms with Gasteiger partial charge >= 0.3 is 11.2 Å². The van der Waals surface area contributed by atoms with Crippen LogP contribution in [-0.2, 0) is 20.4 Å². The zero-order valence-electron chi connectivity index (χ0n) is 15.2. The van der Waals surface area contributed by atoms with Gasteiger partial charge in [0.15, 0.2) is 23.2 Å². The Labute approximate surface area is 169 Å². The second-order valence-corrected chi connectivity index (χ2v) is 7.17. The highest BCUT2D eigenvalue weighted by Crippen LogP contribution is 2.33. The SMILES string of the molecule is CC(=O)Nc1ccc(NC(=O)COc2ccc(S(=O)C(F)(F)F)cc2[N+](=O)[O-])cc1. The number of benzene rings is 2. The first-order valence-corrected chi connectivity index (χ1v) is 9.19. The summed E-state index contributed by atoms with van der Waals surface area (Å²) in [7, 11) is -3.45. The average Bonchev–Trinajstić information content (AvgIpc) is 2.66. The number of carbonyl (C=O) groups is 2. The van der Waals surface area contributed by atoms with Gasteiger partial charge in [-0.1, -0.05) is 0 Å². The molecule has 2 rings (SSSR count). The molecule has 0 aliphatic carbocycles. The van der Waals surface area contributed by atoms with E-state index in [-0.39, 0.29) is 5.91 Å². The molecule has 13 heteroatoms. The van der Waals surface area contributed by atoms with Crippen LogP contribution in [0.15, 0.2) is 47.4 Å². The molecule has 160 valence electrons. The standard InChI is InChI=1S/C17H14F3N3O6S/c1-10(24)21-11-2-4-12(5-3-11)22-16(25)9-29-15-7-6-13(8-14(15)23(26)27)30(28)17(18,19)20/h2-8H,9H2,1H3,(H,21,24)(H,22,25). The monoisotopic (exact) mass is 445 g/mol. The number of nitrogens with zero attached hydrogens (tertiary/aromatic N) is 1. The number of nitro benzene ring substituents is 1. The Morgan fingerprint density at radius 3 is 2.17 bits per heavy atom. The number of halogens is 3. The van der Waals surface area contributed by atoms with Crippen molar-refractivity contribution < 1.29 is 36.6 Å². The molecule has 2 aromatic rings. The number of amides is 2. The molecule has 2 N–H and O–H groups in total.